The highest BCUT2D eigenvalue weighted by molar-refractivity contribution is 5.81. The summed E-state index contributed by atoms with van der Waals surface area (Å²) in [4.78, 5) is 11.7. The molecule has 0 unspecified atom stereocenters. The Balaban J connectivity index is 1.83. The van der Waals surface area contributed by atoms with Crippen LogP contribution in [0.2, 0.25) is 0 Å². The Hall–Kier alpha value is -1.58. The third kappa shape index (κ3) is 3.45. The Morgan fingerprint density at radius 3 is 2.83 bits per heavy atom. The summed E-state index contributed by atoms with van der Waals surface area (Å²) in [5.74, 6) is -0.392. The average Bonchev–Trinajstić information content (AvgIpc) is 2.83. The Bertz CT molecular complexity index is 428. The van der Waals surface area contributed by atoms with Crippen LogP contribution in [0, 0.1) is 12.7 Å². The highest BCUT2D eigenvalue weighted by Gasteiger charge is 2.16. The predicted molar refractivity (Wildman–Crippen MR) is 70.0 cm³/mol. The van der Waals surface area contributed by atoms with E-state index in [1.54, 1.807) is 12.1 Å². The molecule has 4 heteroatoms. The van der Waals surface area contributed by atoms with Gasteiger partial charge in [0.05, 0.1) is 12.2 Å². The number of aryl methyl sites for hydroxylation is 1. The largest absolute Gasteiger partial charge is 0.374 e. The van der Waals surface area contributed by atoms with Gasteiger partial charge in [-0.15, -0.1) is 0 Å². The molecule has 0 heterocycles. The molecule has 0 saturated heterocycles. The Morgan fingerprint density at radius 2 is 2.11 bits per heavy atom. The predicted octanol–water partition coefficient (Wildman–Crippen LogP) is 2.60. The zero-order chi connectivity index (χ0) is 13.0. The van der Waals surface area contributed by atoms with E-state index in [4.69, 9.17) is 0 Å². The van der Waals surface area contributed by atoms with E-state index in [1.165, 1.54) is 18.9 Å². The van der Waals surface area contributed by atoms with Gasteiger partial charge in [0, 0.05) is 6.04 Å². The summed E-state index contributed by atoms with van der Waals surface area (Å²) in [6, 6.07) is 5.13. The van der Waals surface area contributed by atoms with Gasteiger partial charge in [-0.05, 0) is 37.5 Å². The fourth-order valence-electron chi connectivity index (χ4n) is 2.30. The van der Waals surface area contributed by atoms with Gasteiger partial charge in [-0.2, -0.15) is 0 Å². The summed E-state index contributed by atoms with van der Waals surface area (Å²) in [6.45, 7) is 2.01. The van der Waals surface area contributed by atoms with E-state index >= 15 is 0 Å². The van der Waals surface area contributed by atoms with Gasteiger partial charge in [0.1, 0.15) is 5.82 Å². The normalized spacial score (nSPS) is 15.7. The number of hydrogen-bond acceptors (Lipinski definition) is 2. The minimum absolute atomic E-state index is 0.0668. The van der Waals surface area contributed by atoms with Crippen LogP contribution in [0.5, 0.6) is 0 Å². The third-order valence-corrected chi connectivity index (χ3v) is 3.28. The Labute approximate surface area is 107 Å². The van der Waals surface area contributed by atoms with Crippen molar-refractivity contribution in [3.63, 3.8) is 0 Å². The van der Waals surface area contributed by atoms with E-state index in [0.717, 1.165) is 18.4 Å². The van der Waals surface area contributed by atoms with Gasteiger partial charge in [-0.25, -0.2) is 4.39 Å². The maximum absolute atomic E-state index is 13.4. The van der Waals surface area contributed by atoms with E-state index in [1.807, 2.05) is 6.92 Å². The molecule has 1 aliphatic rings. The van der Waals surface area contributed by atoms with Gasteiger partial charge >= 0.3 is 0 Å². The van der Waals surface area contributed by atoms with Crippen molar-refractivity contribution < 1.29 is 9.18 Å². The second-order valence-electron chi connectivity index (χ2n) is 4.89. The fourth-order valence-corrected chi connectivity index (χ4v) is 2.30. The quantitative estimate of drug-likeness (QED) is 0.862. The van der Waals surface area contributed by atoms with Crippen LogP contribution in [0.1, 0.15) is 31.2 Å². The summed E-state index contributed by atoms with van der Waals surface area (Å²) in [5, 5.41) is 5.80. The van der Waals surface area contributed by atoms with Crippen LogP contribution < -0.4 is 10.6 Å². The van der Waals surface area contributed by atoms with Crippen molar-refractivity contribution >= 4 is 11.6 Å². The van der Waals surface area contributed by atoms with Crippen molar-refractivity contribution in [3.05, 3.63) is 29.6 Å². The first-order valence-electron chi connectivity index (χ1n) is 6.44. The molecular formula is C14H19FN2O. The van der Waals surface area contributed by atoms with E-state index < -0.39 is 0 Å². The van der Waals surface area contributed by atoms with Crippen molar-refractivity contribution in [1.82, 2.24) is 5.32 Å². The zero-order valence-electron chi connectivity index (χ0n) is 10.6. The van der Waals surface area contributed by atoms with Crippen molar-refractivity contribution in [1.29, 1.82) is 0 Å². The molecule has 18 heavy (non-hydrogen) atoms. The van der Waals surface area contributed by atoms with Gasteiger partial charge in [-0.3, -0.25) is 4.79 Å². The van der Waals surface area contributed by atoms with Crippen molar-refractivity contribution in [2.75, 3.05) is 11.9 Å². The number of nitrogens with one attached hydrogen (secondary N) is 2. The molecule has 0 bridgehead atoms. The SMILES string of the molecule is Cc1ccc(F)c(NCC(=O)NC2CCCC2)c1. The van der Waals surface area contributed by atoms with Gasteiger partial charge in [-0.1, -0.05) is 18.9 Å². The number of benzene rings is 1. The lowest BCUT2D eigenvalue weighted by atomic mass is 10.2. The van der Waals surface area contributed by atoms with Crippen LogP contribution in [0.15, 0.2) is 18.2 Å². The molecule has 1 aliphatic carbocycles. The maximum atomic E-state index is 13.4. The number of anilines is 1. The second kappa shape index (κ2) is 5.85. The highest BCUT2D eigenvalue weighted by Crippen LogP contribution is 2.18. The average molecular weight is 250 g/mol. The van der Waals surface area contributed by atoms with Crippen LogP contribution in [0.4, 0.5) is 10.1 Å². The Kier molecular flexibility index (Phi) is 4.18. The van der Waals surface area contributed by atoms with Gasteiger partial charge < -0.3 is 10.6 Å². The number of rotatable bonds is 4. The van der Waals surface area contributed by atoms with E-state index in [2.05, 4.69) is 10.6 Å². The van der Waals surface area contributed by atoms with E-state index in [-0.39, 0.29) is 18.3 Å². The molecule has 0 aliphatic heterocycles. The molecule has 0 radical (unpaired) electrons. The smallest absolute Gasteiger partial charge is 0.239 e. The summed E-state index contributed by atoms with van der Waals surface area (Å²) in [7, 11) is 0. The first-order chi connectivity index (χ1) is 8.65. The number of carbonyl (C=O) groups excluding carboxylic acids is 1. The number of amides is 1. The van der Waals surface area contributed by atoms with Crippen LogP contribution in [0.25, 0.3) is 0 Å². The van der Waals surface area contributed by atoms with Crippen molar-refractivity contribution in [2.45, 2.75) is 38.6 Å². The zero-order valence-corrected chi connectivity index (χ0v) is 10.6. The van der Waals surface area contributed by atoms with Gasteiger partial charge in [0.2, 0.25) is 5.91 Å². The van der Waals surface area contributed by atoms with Crippen LogP contribution in [-0.2, 0) is 4.79 Å². The second-order valence-corrected chi connectivity index (χ2v) is 4.89. The topological polar surface area (TPSA) is 41.1 Å². The standard InChI is InChI=1S/C14H19FN2O/c1-10-6-7-12(15)13(8-10)16-9-14(18)17-11-4-2-3-5-11/h6-8,11,16H,2-5,9H2,1H3,(H,17,18). The molecule has 3 nitrogen and oxygen atoms in total. The van der Waals surface area contributed by atoms with Crippen LogP contribution >= 0.6 is 0 Å². The molecule has 0 spiro atoms. The molecule has 98 valence electrons. The summed E-state index contributed by atoms with van der Waals surface area (Å²) in [5.41, 5.74) is 1.35. The Morgan fingerprint density at radius 1 is 1.39 bits per heavy atom. The third-order valence-electron chi connectivity index (χ3n) is 3.28. The molecule has 2 rings (SSSR count). The number of hydrogen-bond donors (Lipinski definition) is 2. The van der Waals surface area contributed by atoms with Crippen molar-refractivity contribution in [3.8, 4) is 0 Å². The summed E-state index contributed by atoms with van der Waals surface area (Å²) >= 11 is 0. The molecule has 0 aromatic heterocycles. The van der Waals surface area contributed by atoms with Crippen LogP contribution in [0.3, 0.4) is 0 Å². The first-order valence-corrected chi connectivity index (χ1v) is 6.44. The number of carbonyl (C=O) groups is 1. The first kappa shape index (κ1) is 12.9. The van der Waals surface area contributed by atoms with Gasteiger partial charge in [0.15, 0.2) is 0 Å². The molecule has 1 saturated carbocycles. The van der Waals surface area contributed by atoms with E-state index in [0.29, 0.717) is 11.7 Å². The number of halogens is 1. The minimum atomic E-state index is -0.325. The van der Waals surface area contributed by atoms with Crippen molar-refractivity contribution in [2.24, 2.45) is 0 Å². The van der Waals surface area contributed by atoms with E-state index in [9.17, 15) is 9.18 Å². The molecule has 0 atom stereocenters. The molecule has 1 aromatic carbocycles. The molecule has 2 N–H and O–H groups in total. The lowest BCUT2D eigenvalue weighted by molar-refractivity contribution is -0.120. The molecular weight excluding hydrogens is 231 g/mol. The molecule has 1 aromatic rings. The minimum Gasteiger partial charge on any atom is -0.374 e. The maximum Gasteiger partial charge on any atom is 0.239 e. The molecule has 1 amide bonds. The summed E-state index contributed by atoms with van der Waals surface area (Å²) < 4.78 is 13.4. The van der Waals surface area contributed by atoms with Gasteiger partial charge in [0.25, 0.3) is 0 Å². The van der Waals surface area contributed by atoms with Crippen LogP contribution in [-0.4, -0.2) is 18.5 Å². The summed E-state index contributed by atoms with van der Waals surface area (Å²) in [6.07, 6.45) is 4.49. The fraction of sp³-hybridized carbons (Fsp3) is 0.500. The lowest BCUT2D eigenvalue weighted by Gasteiger charge is -2.13. The molecule has 1 fully saturated rings. The highest BCUT2D eigenvalue weighted by atomic mass is 19.1. The lowest BCUT2D eigenvalue weighted by Crippen LogP contribution is -2.36. The monoisotopic (exact) mass is 250 g/mol.